The maximum atomic E-state index is 13.3. The molecule has 2 aromatic carbocycles. The Hall–Kier alpha value is -3.30. The number of piperidine rings is 1. The molecule has 0 unspecified atom stereocenters. The molecule has 0 spiro atoms. The molecule has 266 valence electrons. The van der Waals surface area contributed by atoms with Crippen LogP contribution < -0.4 is 10.5 Å². The predicted molar refractivity (Wildman–Crippen MR) is 198 cm³/mol. The summed E-state index contributed by atoms with van der Waals surface area (Å²) >= 11 is 0. The number of carbonyl (C=O) groups excluding carboxylic acids is 1. The van der Waals surface area contributed by atoms with Crippen LogP contribution in [-0.2, 0) is 21.5 Å². The number of pyridine rings is 1. The number of rotatable bonds is 20. The number of amides is 1. The summed E-state index contributed by atoms with van der Waals surface area (Å²) in [5, 5.41) is 0. The lowest BCUT2D eigenvalue weighted by molar-refractivity contribution is -0.123. The molecule has 5 rings (SSSR count). The van der Waals surface area contributed by atoms with Gasteiger partial charge in [0, 0.05) is 50.2 Å². The number of hydrogen-bond donors (Lipinski definition) is 1. The summed E-state index contributed by atoms with van der Waals surface area (Å²) in [6.45, 7) is 12.2. The van der Waals surface area contributed by atoms with Crippen molar-refractivity contribution in [2.45, 2.75) is 76.3 Å². The SMILES string of the molecule is CCCN(CCOCCCCCCN1CC[C@@H](C(C(N)=O)(c2ccccc2)c2ccccc2)C1)C1CCN(Cc2cnccc2OC)CC1. The number of carbonyl (C=O) groups is 1. The molecule has 3 aromatic rings. The number of aromatic nitrogens is 1. The molecule has 1 atom stereocenters. The number of methoxy groups -OCH3 is 1. The number of ether oxygens (including phenoxy) is 2. The van der Waals surface area contributed by atoms with Gasteiger partial charge in [0.15, 0.2) is 0 Å². The van der Waals surface area contributed by atoms with Gasteiger partial charge in [-0.1, -0.05) is 80.4 Å². The van der Waals surface area contributed by atoms with Gasteiger partial charge >= 0.3 is 0 Å². The lowest BCUT2D eigenvalue weighted by Gasteiger charge is -2.38. The van der Waals surface area contributed by atoms with E-state index in [1.165, 1.54) is 44.1 Å². The molecular weight excluding hydrogens is 610 g/mol. The van der Waals surface area contributed by atoms with E-state index in [1.807, 2.05) is 48.7 Å². The average molecular weight is 670 g/mol. The van der Waals surface area contributed by atoms with Crippen molar-refractivity contribution in [2.24, 2.45) is 11.7 Å². The summed E-state index contributed by atoms with van der Waals surface area (Å²) in [6, 6.07) is 22.9. The molecule has 0 saturated carbocycles. The van der Waals surface area contributed by atoms with Crippen LogP contribution in [-0.4, -0.2) is 97.8 Å². The molecule has 8 heteroatoms. The van der Waals surface area contributed by atoms with E-state index >= 15 is 0 Å². The van der Waals surface area contributed by atoms with Crippen LogP contribution in [0, 0.1) is 5.92 Å². The van der Waals surface area contributed by atoms with E-state index < -0.39 is 5.41 Å². The van der Waals surface area contributed by atoms with Crippen molar-refractivity contribution < 1.29 is 14.3 Å². The minimum Gasteiger partial charge on any atom is -0.496 e. The van der Waals surface area contributed by atoms with E-state index in [0.29, 0.717) is 6.04 Å². The fraction of sp³-hybridized carbons (Fsp3) is 0.561. The van der Waals surface area contributed by atoms with Crippen LogP contribution in [0.15, 0.2) is 79.1 Å². The number of likely N-dealkylation sites (tertiary alicyclic amines) is 2. The zero-order valence-electron chi connectivity index (χ0n) is 30.0. The van der Waals surface area contributed by atoms with Crippen molar-refractivity contribution >= 4 is 5.91 Å². The summed E-state index contributed by atoms with van der Waals surface area (Å²) < 4.78 is 11.7. The van der Waals surface area contributed by atoms with Gasteiger partial charge in [-0.2, -0.15) is 0 Å². The topological polar surface area (TPSA) is 84.2 Å². The zero-order chi connectivity index (χ0) is 34.3. The number of nitrogens with two attached hydrogens (primary N) is 1. The highest BCUT2D eigenvalue weighted by Gasteiger charge is 2.49. The second kappa shape index (κ2) is 19.2. The Bertz CT molecular complexity index is 1340. The number of hydrogen-bond acceptors (Lipinski definition) is 7. The summed E-state index contributed by atoms with van der Waals surface area (Å²) in [4.78, 5) is 25.4. The molecule has 0 bridgehead atoms. The maximum Gasteiger partial charge on any atom is 0.232 e. The molecule has 49 heavy (non-hydrogen) atoms. The van der Waals surface area contributed by atoms with Crippen molar-refractivity contribution in [3.8, 4) is 5.75 Å². The van der Waals surface area contributed by atoms with Gasteiger partial charge in [0.1, 0.15) is 11.2 Å². The largest absolute Gasteiger partial charge is 0.496 e. The molecular formula is C41H59N5O3. The smallest absolute Gasteiger partial charge is 0.232 e. The third-order valence-corrected chi connectivity index (χ3v) is 10.8. The van der Waals surface area contributed by atoms with Gasteiger partial charge in [-0.05, 0) is 94.4 Å². The van der Waals surface area contributed by atoms with Gasteiger partial charge in [0.2, 0.25) is 5.91 Å². The van der Waals surface area contributed by atoms with Gasteiger partial charge in [-0.15, -0.1) is 0 Å². The molecule has 2 aliphatic rings. The number of unbranched alkanes of at least 4 members (excludes halogenated alkanes) is 3. The highest BCUT2D eigenvalue weighted by atomic mass is 16.5. The molecule has 2 aliphatic heterocycles. The van der Waals surface area contributed by atoms with E-state index in [9.17, 15) is 4.79 Å². The second-order valence-electron chi connectivity index (χ2n) is 13.9. The van der Waals surface area contributed by atoms with Crippen LogP contribution in [0.4, 0.5) is 0 Å². The quantitative estimate of drug-likeness (QED) is 0.145. The van der Waals surface area contributed by atoms with Gasteiger partial charge in [0.05, 0.1) is 13.7 Å². The monoisotopic (exact) mass is 669 g/mol. The van der Waals surface area contributed by atoms with Crippen LogP contribution in [0.5, 0.6) is 5.75 Å². The lowest BCUT2D eigenvalue weighted by Crippen LogP contribution is -2.49. The van der Waals surface area contributed by atoms with Crippen LogP contribution in [0.25, 0.3) is 0 Å². The third-order valence-electron chi connectivity index (χ3n) is 10.8. The Morgan fingerprint density at radius 2 is 1.55 bits per heavy atom. The molecule has 8 nitrogen and oxygen atoms in total. The molecule has 3 heterocycles. The first-order chi connectivity index (χ1) is 24.1. The third kappa shape index (κ3) is 9.69. The van der Waals surface area contributed by atoms with E-state index in [0.717, 1.165) is 95.3 Å². The second-order valence-corrected chi connectivity index (χ2v) is 13.9. The molecule has 2 fully saturated rings. The Labute approximate surface area is 295 Å². The minimum absolute atomic E-state index is 0.152. The first-order valence-electron chi connectivity index (χ1n) is 18.7. The minimum atomic E-state index is -0.812. The molecule has 1 amide bonds. The summed E-state index contributed by atoms with van der Waals surface area (Å²) in [5.74, 6) is 0.829. The summed E-state index contributed by atoms with van der Waals surface area (Å²) in [7, 11) is 1.73. The molecule has 0 aliphatic carbocycles. The normalized spacial score (nSPS) is 17.9. The maximum absolute atomic E-state index is 13.3. The van der Waals surface area contributed by atoms with Crippen molar-refractivity contribution in [2.75, 3.05) is 66.1 Å². The predicted octanol–water partition coefficient (Wildman–Crippen LogP) is 6.14. The van der Waals surface area contributed by atoms with Gasteiger partial charge in [-0.25, -0.2) is 0 Å². The fourth-order valence-electron chi connectivity index (χ4n) is 8.27. The molecule has 2 saturated heterocycles. The van der Waals surface area contributed by atoms with Crippen LogP contribution >= 0.6 is 0 Å². The van der Waals surface area contributed by atoms with E-state index in [-0.39, 0.29) is 11.8 Å². The first kappa shape index (κ1) is 37.0. The number of primary amides is 1. The van der Waals surface area contributed by atoms with Crippen molar-refractivity contribution in [3.05, 3.63) is 95.8 Å². The van der Waals surface area contributed by atoms with E-state index in [4.69, 9.17) is 15.2 Å². The number of nitrogens with zero attached hydrogens (tertiary/aromatic N) is 4. The van der Waals surface area contributed by atoms with E-state index in [1.54, 1.807) is 13.3 Å². The van der Waals surface area contributed by atoms with E-state index in [2.05, 4.69) is 50.9 Å². The Balaban J connectivity index is 0.975. The zero-order valence-corrected chi connectivity index (χ0v) is 30.0. The summed E-state index contributed by atoms with van der Waals surface area (Å²) in [5.41, 5.74) is 8.64. The fourth-order valence-corrected chi connectivity index (χ4v) is 8.27. The first-order valence-corrected chi connectivity index (χ1v) is 18.7. The Kier molecular flexibility index (Phi) is 14.5. The lowest BCUT2D eigenvalue weighted by atomic mass is 9.64. The highest BCUT2D eigenvalue weighted by Crippen LogP contribution is 2.43. The van der Waals surface area contributed by atoms with Crippen LogP contribution in [0.1, 0.15) is 75.0 Å². The van der Waals surface area contributed by atoms with Crippen molar-refractivity contribution in [1.82, 2.24) is 19.7 Å². The molecule has 1 aromatic heterocycles. The Morgan fingerprint density at radius 1 is 0.878 bits per heavy atom. The van der Waals surface area contributed by atoms with Crippen LogP contribution in [0.3, 0.4) is 0 Å². The van der Waals surface area contributed by atoms with Crippen molar-refractivity contribution in [1.29, 1.82) is 0 Å². The molecule has 0 radical (unpaired) electrons. The standard InChI is InChI=1S/C41H59N5O3/c1-3-23-46(38-20-26-45(27-21-38)32-34-31-43-22-18-39(34)48-2)28-30-49-29-13-5-4-12-24-44-25-19-37(33-44)41(40(42)47,35-14-8-6-9-15-35)36-16-10-7-11-17-36/h6-11,14-18,22,31,37-38H,3-5,12-13,19-21,23-30,32-33H2,1-2H3,(H2,42,47)/t37-/m1/s1. The molecule has 2 N–H and O–H groups in total. The van der Waals surface area contributed by atoms with Crippen molar-refractivity contribution in [3.63, 3.8) is 0 Å². The van der Waals surface area contributed by atoms with Gasteiger partial charge in [0.25, 0.3) is 0 Å². The number of benzene rings is 2. The highest BCUT2D eigenvalue weighted by molar-refractivity contribution is 5.91. The van der Waals surface area contributed by atoms with Gasteiger partial charge < -0.3 is 20.1 Å². The Morgan fingerprint density at radius 3 is 2.20 bits per heavy atom. The van der Waals surface area contributed by atoms with Crippen LogP contribution in [0.2, 0.25) is 0 Å². The van der Waals surface area contributed by atoms with Gasteiger partial charge in [-0.3, -0.25) is 19.6 Å². The summed E-state index contributed by atoms with van der Waals surface area (Å²) in [6.07, 6.45) is 12.9. The average Bonchev–Trinajstić information content (AvgIpc) is 3.61.